The number of nitrogens with zero attached hydrogens (tertiary/aromatic N) is 1. The first-order chi connectivity index (χ1) is 13.0. The number of carbonyl (C=O) groups is 2. The van der Waals surface area contributed by atoms with Crippen molar-refractivity contribution < 1.29 is 19.1 Å². The van der Waals surface area contributed by atoms with Crippen LogP contribution in [0.1, 0.15) is 30.9 Å². The number of rotatable bonds is 9. The lowest BCUT2D eigenvalue weighted by Gasteiger charge is -2.29. The third-order valence-electron chi connectivity index (χ3n) is 4.90. The summed E-state index contributed by atoms with van der Waals surface area (Å²) in [6.45, 7) is 4.33. The zero-order chi connectivity index (χ0) is 19.8. The van der Waals surface area contributed by atoms with Gasteiger partial charge in [0.15, 0.2) is 11.5 Å². The number of benzene rings is 1. The highest BCUT2D eigenvalue weighted by molar-refractivity contribution is 5.79. The van der Waals surface area contributed by atoms with Crippen molar-refractivity contribution in [3.63, 3.8) is 0 Å². The molecular weight excluding hydrogens is 346 g/mol. The van der Waals surface area contributed by atoms with Crippen LogP contribution >= 0.6 is 0 Å². The number of carbonyl (C=O) groups excluding carboxylic acids is 2. The van der Waals surface area contributed by atoms with Gasteiger partial charge < -0.3 is 25.0 Å². The Kier molecular flexibility index (Phi) is 7.91. The Hall–Kier alpha value is -2.28. The fourth-order valence-corrected chi connectivity index (χ4v) is 3.28. The summed E-state index contributed by atoms with van der Waals surface area (Å²) in [6.07, 6.45) is 1.88. The van der Waals surface area contributed by atoms with E-state index in [0.29, 0.717) is 44.8 Å². The molecule has 2 rings (SSSR count). The summed E-state index contributed by atoms with van der Waals surface area (Å²) in [6, 6.07) is 3.95. The lowest BCUT2D eigenvalue weighted by atomic mass is 9.98. The lowest BCUT2D eigenvalue weighted by molar-refractivity contribution is -0.132. The van der Waals surface area contributed by atoms with Gasteiger partial charge >= 0.3 is 0 Å². The molecule has 27 heavy (non-hydrogen) atoms. The van der Waals surface area contributed by atoms with Gasteiger partial charge in [0.05, 0.1) is 14.2 Å². The predicted octanol–water partition coefficient (Wildman–Crippen LogP) is 1.34. The normalized spacial score (nSPS) is 14.3. The van der Waals surface area contributed by atoms with E-state index < -0.39 is 0 Å². The first-order valence-electron chi connectivity index (χ1n) is 9.44. The van der Waals surface area contributed by atoms with Gasteiger partial charge in [0, 0.05) is 38.5 Å². The van der Waals surface area contributed by atoms with Gasteiger partial charge in [-0.05, 0) is 43.1 Å². The fraction of sp³-hybridized carbons (Fsp3) is 0.600. The van der Waals surface area contributed by atoms with Gasteiger partial charge in [-0.15, -0.1) is 0 Å². The largest absolute Gasteiger partial charge is 0.493 e. The minimum Gasteiger partial charge on any atom is -0.493 e. The van der Waals surface area contributed by atoms with Gasteiger partial charge in [0.1, 0.15) is 0 Å². The average Bonchev–Trinajstić information content (AvgIpc) is 2.69. The second-order valence-electron chi connectivity index (χ2n) is 6.89. The van der Waals surface area contributed by atoms with Gasteiger partial charge in [0.25, 0.3) is 0 Å². The molecule has 0 saturated heterocycles. The standard InChI is InChI=1S/C20H31N3O4/c1-14(12-21-2)20(25)22-8-5-6-19(24)23-9-7-15-10-17(26-3)18(27-4)11-16(15)13-23/h10-11,14,21H,5-9,12-13H2,1-4H3,(H,22,25). The van der Waals surface area contributed by atoms with Crippen molar-refractivity contribution in [3.05, 3.63) is 23.3 Å². The Morgan fingerprint density at radius 3 is 2.48 bits per heavy atom. The van der Waals surface area contributed by atoms with Crippen LogP contribution in [0.25, 0.3) is 0 Å². The van der Waals surface area contributed by atoms with Crippen LogP contribution in [0.15, 0.2) is 12.1 Å². The molecule has 0 spiro atoms. The Labute approximate surface area is 161 Å². The van der Waals surface area contributed by atoms with E-state index in [9.17, 15) is 9.59 Å². The summed E-state index contributed by atoms with van der Waals surface area (Å²) < 4.78 is 10.7. The van der Waals surface area contributed by atoms with Crippen LogP contribution in [0.3, 0.4) is 0 Å². The zero-order valence-electron chi connectivity index (χ0n) is 16.8. The molecule has 1 aliphatic rings. The predicted molar refractivity (Wildman–Crippen MR) is 104 cm³/mol. The Morgan fingerprint density at radius 2 is 1.85 bits per heavy atom. The molecule has 7 heteroatoms. The molecule has 2 amide bonds. The second-order valence-corrected chi connectivity index (χ2v) is 6.89. The molecule has 0 aromatic heterocycles. The molecular formula is C20H31N3O4. The maximum absolute atomic E-state index is 12.5. The third-order valence-corrected chi connectivity index (χ3v) is 4.90. The number of nitrogens with one attached hydrogen (secondary N) is 2. The maximum Gasteiger partial charge on any atom is 0.224 e. The number of hydrogen-bond acceptors (Lipinski definition) is 5. The molecule has 0 radical (unpaired) electrons. The molecule has 150 valence electrons. The molecule has 2 N–H and O–H groups in total. The molecule has 1 atom stereocenters. The Balaban J connectivity index is 1.82. The van der Waals surface area contributed by atoms with Crippen molar-refractivity contribution in [2.75, 3.05) is 40.9 Å². The first kappa shape index (κ1) is 21.0. The van der Waals surface area contributed by atoms with Crippen LogP contribution < -0.4 is 20.1 Å². The topological polar surface area (TPSA) is 79.9 Å². The molecule has 1 aromatic carbocycles. The van der Waals surface area contributed by atoms with Crippen LogP contribution in [0.2, 0.25) is 0 Å². The highest BCUT2D eigenvalue weighted by Gasteiger charge is 2.22. The number of amides is 2. The van der Waals surface area contributed by atoms with Crippen molar-refractivity contribution in [3.8, 4) is 11.5 Å². The molecule has 7 nitrogen and oxygen atoms in total. The Bertz CT molecular complexity index is 663. The third kappa shape index (κ3) is 5.60. The molecule has 1 unspecified atom stereocenters. The molecule has 0 bridgehead atoms. The van der Waals surface area contributed by atoms with Crippen LogP contribution in [0, 0.1) is 5.92 Å². The van der Waals surface area contributed by atoms with Crippen LogP contribution in [0.4, 0.5) is 0 Å². The second kappa shape index (κ2) is 10.2. The lowest BCUT2D eigenvalue weighted by Crippen LogP contribution is -2.37. The first-order valence-corrected chi connectivity index (χ1v) is 9.44. The van der Waals surface area contributed by atoms with E-state index in [1.807, 2.05) is 31.0 Å². The van der Waals surface area contributed by atoms with Crippen molar-refractivity contribution >= 4 is 11.8 Å². The summed E-state index contributed by atoms with van der Waals surface area (Å²) >= 11 is 0. The zero-order valence-corrected chi connectivity index (χ0v) is 16.8. The fourth-order valence-electron chi connectivity index (χ4n) is 3.28. The minimum absolute atomic E-state index is 0.0183. The SMILES string of the molecule is CNCC(C)C(=O)NCCCC(=O)N1CCc2cc(OC)c(OC)cc2C1. The van der Waals surface area contributed by atoms with E-state index in [1.165, 1.54) is 5.56 Å². The van der Waals surface area contributed by atoms with Crippen molar-refractivity contribution in [1.82, 2.24) is 15.5 Å². The number of ether oxygens (including phenoxy) is 2. The monoisotopic (exact) mass is 377 g/mol. The van der Waals surface area contributed by atoms with Crippen LogP contribution in [0.5, 0.6) is 11.5 Å². The number of fused-ring (bicyclic) bond motifs is 1. The summed E-state index contributed by atoms with van der Waals surface area (Å²) in [4.78, 5) is 26.2. The van der Waals surface area contributed by atoms with Gasteiger partial charge in [-0.2, -0.15) is 0 Å². The van der Waals surface area contributed by atoms with Gasteiger partial charge in [-0.25, -0.2) is 0 Å². The summed E-state index contributed by atoms with van der Waals surface area (Å²) in [5.41, 5.74) is 2.30. The highest BCUT2D eigenvalue weighted by atomic mass is 16.5. The quantitative estimate of drug-likeness (QED) is 0.635. The van der Waals surface area contributed by atoms with E-state index in [2.05, 4.69) is 10.6 Å². The number of hydrogen-bond donors (Lipinski definition) is 2. The summed E-state index contributed by atoms with van der Waals surface area (Å²) in [5.74, 6) is 1.47. The van der Waals surface area contributed by atoms with Crippen LogP contribution in [-0.4, -0.2) is 57.6 Å². The van der Waals surface area contributed by atoms with E-state index in [1.54, 1.807) is 14.2 Å². The number of methoxy groups -OCH3 is 2. The molecule has 1 aromatic rings. The molecule has 0 aliphatic carbocycles. The van der Waals surface area contributed by atoms with Gasteiger partial charge in [0.2, 0.25) is 11.8 Å². The Morgan fingerprint density at radius 1 is 1.19 bits per heavy atom. The van der Waals surface area contributed by atoms with E-state index in [0.717, 1.165) is 17.7 Å². The molecule has 0 saturated carbocycles. The van der Waals surface area contributed by atoms with E-state index >= 15 is 0 Å². The minimum atomic E-state index is -0.0729. The highest BCUT2D eigenvalue weighted by Crippen LogP contribution is 2.33. The van der Waals surface area contributed by atoms with Crippen LogP contribution in [-0.2, 0) is 22.6 Å². The average molecular weight is 377 g/mol. The molecule has 1 aliphatic heterocycles. The van der Waals surface area contributed by atoms with Gasteiger partial charge in [-0.1, -0.05) is 6.92 Å². The van der Waals surface area contributed by atoms with Crippen molar-refractivity contribution in [2.24, 2.45) is 5.92 Å². The summed E-state index contributed by atoms with van der Waals surface area (Å²) in [7, 11) is 5.06. The maximum atomic E-state index is 12.5. The van der Waals surface area contributed by atoms with Crippen molar-refractivity contribution in [2.45, 2.75) is 32.7 Å². The molecule has 1 heterocycles. The summed E-state index contributed by atoms with van der Waals surface area (Å²) in [5, 5.41) is 5.87. The van der Waals surface area contributed by atoms with Gasteiger partial charge in [-0.3, -0.25) is 9.59 Å². The molecule has 0 fully saturated rings. The van der Waals surface area contributed by atoms with Crippen molar-refractivity contribution in [1.29, 1.82) is 0 Å². The van der Waals surface area contributed by atoms with E-state index in [-0.39, 0.29) is 17.7 Å². The van der Waals surface area contributed by atoms with E-state index in [4.69, 9.17) is 9.47 Å². The smallest absolute Gasteiger partial charge is 0.224 e.